The van der Waals surface area contributed by atoms with Crippen LogP contribution in [-0.2, 0) is 15.0 Å². The predicted molar refractivity (Wildman–Crippen MR) is 110 cm³/mol. The van der Waals surface area contributed by atoms with Crippen molar-refractivity contribution >= 4 is 39.5 Å². The molecule has 12 heteroatoms. The number of benzene rings is 1. The molecule has 1 atom stereocenters. The van der Waals surface area contributed by atoms with Gasteiger partial charge in [0.1, 0.15) is 6.04 Å². The first kappa shape index (κ1) is 22.5. The van der Waals surface area contributed by atoms with Crippen LogP contribution in [-0.4, -0.2) is 78.4 Å². The van der Waals surface area contributed by atoms with Crippen LogP contribution in [0.25, 0.3) is 0 Å². The molecule has 30 heavy (non-hydrogen) atoms. The Morgan fingerprint density at radius 1 is 0.967 bits per heavy atom. The third-order valence-corrected chi connectivity index (χ3v) is 7.85. The summed E-state index contributed by atoms with van der Waals surface area (Å²) in [4.78, 5) is 37.1. The fourth-order valence-electron chi connectivity index (χ4n) is 3.82. The van der Waals surface area contributed by atoms with Crippen molar-refractivity contribution in [2.24, 2.45) is 17.4 Å². The molecular weight excluding hydrogens is 434 g/mol. The van der Waals surface area contributed by atoms with E-state index in [9.17, 15) is 22.8 Å². The Bertz CT molecular complexity index is 931. The quantitative estimate of drug-likeness (QED) is 0.598. The molecule has 0 radical (unpaired) electrons. The summed E-state index contributed by atoms with van der Waals surface area (Å²) in [5, 5.41) is 0.535. The fraction of sp³-hybridized carbons (Fsp3) is 0.500. The lowest BCUT2D eigenvalue weighted by molar-refractivity contribution is -0.123. The molecule has 2 heterocycles. The number of urea groups is 1. The molecule has 2 saturated heterocycles. The van der Waals surface area contributed by atoms with E-state index in [2.05, 4.69) is 0 Å². The zero-order chi connectivity index (χ0) is 22.1. The van der Waals surface area contributed by atoms with Gasteiger partial charge >= 0.3 is 6.03 Å². The van der Waals surface area contributed by atoms with E-state index in [-0.39, 0.29) is 44.4 Å². The van der Waals surface area contributed by atoms with Crippen molar-refractivity contribution < 1.29 is 22.8 Å². The average Bonchev–Trinajstić information content (AvgIpc) is 2.73. The van der Waals surface area contributed by atoms with E-state index < -0.39 is 28.2 Å². The molecule has 0 saturated carbocycles. The lowest BCUT2D eigenvalue weighted by Crippen LogP contribution is -2.64. The summed E-state index contributed by atoms with van der Waals surface area (Å²) in [5.41, 5.74) is 11.2. The smallest absolute Gasteiger partial charge is 0.314 e. The Hall–Kier alpha value is -2.21. The van der Waals surface area contributed by atoms with Crippen molar-refractivity contribution in [1.82, 2.24) is 13.5 Å². The molecule has 0 aromatic heterocycles. The summed E-state index contributed by atoms with van der Waals surface area (Å²) >= 11 is 5.85. The van der Waals surface area contributed by atoms with E-state index in [1.807, 2.05) is 0 Å². The molecule has 1 aromatic carbocycles. The minimum Gasteiger partial charge on any atom is -0.368 e. The van der Waals surface area contributed by atoms with E-state index in [4.69, 9.17) is 23.1 Å². The van der Waals surface area contributed by atoms with Crippen LogP contribution in [0.2, 0.25) is 5.02 Å². The monoisotopic (exact) mass is 457 g/mol. The summed E-state index contributed by atoms with van der Waals surface area (Å²) in [6, 6.07) is 4.67. The minimum atomic E-state index is -3.99. The van der Waals surface area contributed by atoms with Crippen molar-refractivity contribution in [3.05, 3.63) is 34.9 Å². The second kappa shape index (κ2) is 8.88. The number of hydrogen-bond acceptors (Lipinski definition) is 5. The Balaban J connectivity index is 1.68. The van der Waals surface area contributed by atoms with Gasteiger partial charge in [-0.15, -0.1) is 0 Å². The predicted octanol–water partition coefficient (Wildman–Crippen LogP) is 0.0297. The second-order valence-corrected chi connectivity index (χ2v) is 9.68. The molecule has 4 N–H and O–H groups in total. The maximum absolute atomic E-state index is 13.1. The van der Waals surface area contributed by atoms with Gasteiger partial charge in [0.2, 0.25) is 5.91 Å². The highest BCUT2D eigenvalue weighted by atomic mass is 35.5. The van der Waals surface area contributed by atoms with Crippen LogP contribution in [0, 0.1) is 5.92 Å². The first-order chi connectivity index (χ1) is 14.1. The van der Waals surface area contributed by atoms with Crippen molar-refractivity contribution in [2.75, 3.05) is 32.7 Å². The third-order valence-electron chi connectivity index (χ3n) is 5.55. The van der Waals surface area contributed by atoms with Gasteiger partial charge in [0, 0.05) is 49.2 Å². The van der Waals surface area contributed by atoms with Crippen LogP contribution in [0.15, 0.2) is 24.3 Å². The molecule has 2 aliphatic heterocycles. The number of piperidine rings is 1. The van der Waals surface area contributed by atoms with E-state index in [0.717, 1.165) is 4.31 Å². The summed E-state index contributed by atoms with van der Waals surface area (Å²) in [6.07, 6.45) is 0.729. The number of nitrogens with zero attached hydrogens (tertiary/aromatic N) is 3. The fourth-order valence-corrected chi connectivity index (χ4v) is 5.72. The number of nitrogens with two attached hydrogens (primary N) is 2. The Morgan fingerprint density at radius 3 is 2.10 bits per heavy atom. The van der Waals surface area contributed by atoms with Gasteiger partial charge in [0.25, 0.3) is 10.2 Å². The lowest BCUT2D eigenvalue weighted by atomic mass is 9.90. The lowest BCUT2D eigenvalue weighted by Gasteiger charge is -2.41. The summed E-state index contributed by atoms with van der Waals surface area (Å²) in [5.74, 6) is -1.19. The molecule has 2 fully saturated rings. The molecule has 3 amide bonds. The van der Waals surface area contributed by atoms with Crippen LogP contribution >= 0.6 is 11.6 Å². The number of carbonyl (C=O) groups excluding carboxylic acids is 3. The normalized spacial score (nSPS) is 22.0. The number of carbonyl (C=O) groups is 3. The molecule has 0 spiro atoms. The molecule has 2 aliphatic rings. The largest absolute Gasteiger partial charge is 0.368 e. The van der Waals surface area contributed by atoms with Gasteiger partial charge in [-0.3, -0.25) is 9.59 Å². The van der Waals surface area contributed by atoms with Crippen LogP contribution in [0.4, 0.5) is 4.79 Å². The zero-order valence-corrected chi connectivity index (χ0v) is 17.8. The number of primary amides is 2. The summed E-state index contributed by atoms with van der Waals surface area (Å²) in [6.45, 7) is 0.101. The molecule has 1 aromatic rings. The number of amides is 3. The summed E-state index contributed by atoms with van der Waals surface area (Å²) in [7, 11) is -3.99. The van der Waals surface area contributed by atoms with Crippen LogP contribution in [0.5, 0.6) is 0 Å². The Kier molecular flexibility index (Phi) is 6.65. The van der Waals surface area contributed by atoms with Gasteiger partial charge in [0.15, 0.2) is 5.78 Å². The molecule has 0 aliphatic carbocycles. The Labute approximate surface area is 179 Å². The first-order valence-electron chi connectivity index (χ1n) is 9.51. The molecule has 164 valence electrons. The number of rotatable bonds is 5. The van der Waals surface area contributed by atoms with Gasteiger partial charge in [-0.2, -0.15) is 17.0 Å². The van der Waals surface area contributed by atoms with Crippen LogP contribution < -0.4 is 11.5 Å². The molecule has 0 unspecified atom stereocenters. The standard InChI is InChI=1S/C18H24ClN5O5S/c19-14-3-1-12(2-4-14)16(25)13-5-7-23(8-6-13)30(28,29)24-10-9-22(18(21)27)11-15(24)17(20)26/h1-4,13,15H,5-11H2,(H2,20,26)(H2,21,27)/t15-/m1/s1. The maximum atomic E-state index is 13.1. The van der Waals surface area contributed by atoms with Gasteiger partial charge in [-0.25, -0.2) is 4.79 Å². The van der Waals surface area contributed by atoms with Crippen molar-refractivity contribution in [2.45, 2.75) is 18.9 Å². The summed E-state index contributed by atoms with van der Waals surface area (Å²) < 4.78 is 28.5. The number of hydrogen-bond donors (Lipinski definition) is 2. The van der Waals surface area contributed by atoms with E-state index in [1.165, 1.54) is 9.21 Å². The van der Waals surface area contributed by atoms with Gasteiger partial charge < -0.3 is 16.4 Å². The molecular formula is C18H24ClN5O5S. The second-order valence-electron chi connectivity index (χ2n) is 7.37. The van der Waals surface area contributed by atoms with Gasteiger partial charge in [0.05, 0.1) is 0 Å². The van der Waals surface area contributed by atoms with Gasteiger partial charge in [-0.1, -0.05) is 11.6 Å². The van der Waals surface area contributed by atoms with Crippen molar-refractivity contribution in [3.63, 3.8) is 0 Å². The third kappa shape index (κ3) is 4.59. The highest BCUT2D eigenvalue weighted by molar-refractivity contribution is 7.86. The van der Waals surface area contributed by atoms with Crippen molar-refractivity contribution in [3.8, 4) is 0 Å². The van der Waals surface area contributed by atoms with Gasteiger partial charge in [-0.05, 0) is 37.1 Å². The van der Waals surface area contributed by atoms with Crippen molar-refractivity contribution in [1.29, 1.82) is 0 Å². The van der Waals surface area contributed by atoms with E-state index in [1.54, 1.807) is 24.3 Å². The minimum absolute atomic E-state index is 0.0474. The molecule has 0 bridgehead atoms. The topological polar surface area (TPSA) is 147 Å². The highest BCUT2D eigenvalue weighted by Gasteiger charge is 2.43. The van der Waals surface area contributed by atoms with Crippen LogP contribution in [0.3, 0.4) is 0 Å². The maximum Gasteiger partial charge on any atom is 0.314 e. The SMILES string of the molecule is NC(=O)[C@H]1CN(C(N)=O)CCN1S(=O)(=O)N1CCC(C(=O)c2ccc(Cl)cc2)CC1. The highest BCUT2D eigenvalue weighted by Crippen LogP contribution is 2.27. The zero-order valence-electron chi connectivity index (χ0n) is 16.2. The number of halogens is 1. The molecule has 10 nitrogen and oxygen atoms in total. The average molecular weight is 458 g/mol. The Morgan fingerprint density at radius 2 is 1.57 bits per heavy atom. The number of piperazine rings is 1. The van der Waals surface area contributed by atoms with Crippen LogP contribution in [0.1, 0.15) is 23.2 Å². The first-order valence-corrected chi connectivity index (χ1v) is 11.3. The number of ketones is 1. The van der Waals surface area contributed by atoms with E-state index in [0.29, 0.717) is 23.4 Å². The number of Topliss-reactive ketones (excluding diaryl/α,β-unsaturated/α-hetero) is 1. The molecule has 3 rings (SSSR count). The van der Waals surface area contributed by atoms with E-state index >= 15 is 0 Å².